The summed E-state index contributed by atoms with van der Waals surface area (Å²) in [7, 11) is 0. The lowest BCUT2D eigenvalue weighted by Crippen LogP contribution is -1.99. The fraction of sp³-hybridized carbons (Fsp3) is 0.176. The predicted octanol–water partition coefficient (Wildman–Crippen LogP) is 8.11. The van der Waals surface area contributed by atoms with Crippen LogP contribution in [0.25, 0.3) is 11.1 Å². The van der Waals surface area contributed by atoms with Crippen molar-refractivity contribution in [2.24, 2.45) is 0 Å². The van der Waals surface area contributed by atoms with Crippen molar-refractivity contribution in [2.75, 3.05) is 6.61 Å². The lowest BCUT2D eigenvalue weighted by atomic mass is 10.0. The lowest BCUT2D eigenvalue weighted by Gasteiger charge is -2.13. The molecule has 0 fully saturated rings. The highest BCUT2D eigenvalue weighted by atomic mass is 16.5. The van der Waals surface area contributed by atoms with Crippen LogP contribution in [0.2, 0.25) is 0 Å². The van der Waals surface area contributed by atoms with Crippen LogP contribution in [-0.2, 0) is 0 Å². The van der Waals surface area contributed by atoms with Crippen molar-refractivity contribution in [1.82, 2.24) is 0 Å². The van der Waals surface area contributed by atoms with E-state index in [9.17, 15) is 0 Å². The zero-order valence-corrected chi connectivity index (χ0v) is 20.3. The molecule has 172 valence electrons. The summed E-state index contributed by atoms with van der Waals surface area (Å²) in [6.45, 7) is 2.94. The topological polar surface area (TPSA) is 9.23 Å². The molecule has 0 spiro atoms. The minimum atomic E-state index is 0.712. The van der Waals surface area contributed by atoms with Gasteiger partial charge in [0.2, 0.25) is 0 Å². The molecule has 0 aliphatic rings. The zero-order valence-electron chi connectivity index (χ0n) is 20.3. The van der Waals surface area contributed by atoms with Crippen molar-refractivity contribution in [3.63, 3.8) is 0 Å². The van der Waals surface area contributed by atoms with Crippen LogP contribution in [0.5, 0.6) is 5.75 Å². The lowest BCUT2D eigenvalue weighted by molar-refractivity contribution is 0.306. The van der Waals surface area contributed by atoms with E-state index in [1.807, 2.05) is 60.7 Å². The van der Waals surface area contributed by atoms with Gasteiger partial charge < -0.3 is 4.74 Å². The number of rotatable bonds is 7. The summed E-state index contributed by atoms with van der Waals surface area (Å²) in [5.41, 5.74) is 6.15. The molecule has 4 aromatic rings. The third-order valence-electron chi connectivity index (χ3n) is 5.68. The van der Waals surface area contributed by atoms with E-state index in [1.165, 1.54) is 19.3 Å². The van der Waals surface area contributed by atoms with Gasteiger partial charge in [0.1, 0.15) is 5.75 Å². The minimum absolute atomic E-state index is 0.712. The number of unbranched alkanes of at least 4 members (excludes halogenated alkanes) is 3. The Morgan fingerprint density at radius 2 is 1.09 bits per heavy atom. The molecule has 1 nitrogen and oxygen atoms in total. The van der Waals surface area contributed by atoms with Gasteiger partial charge in [-0.1, -0.05) is 98.4 Å². The molecule has 0 radical (unpaired) electrons. The van der Waals surface area contributed by atoms with Crippen molar-refractivity contribution in [3.8, 4) is 40.6 Å². The maximum absolute atomic E-state index is 6.27. The van der Waals surface area contributed by atoms with Crippen LogP contribution in [0.3, 0.4) is 0 Å². The van der Waals surface area contributed by atoms with Gasteiger partial charge >= 0.3 is 0 Å². The molecule has 4 rings (SSSR count). The maximum Gasteiger partial charge on any atom is 0.128 e. The van der Waals surface area contributed by atoms with Gasteiger partial charge in [0.15, 0.2) is 0 Å². The molecular formula is C34H30O. The summed E-state index contributed by atoms with van der Waals surface area (Å²) in [6.07, 6.45) is 4.70. The first-order valence-electron chi connectivity index (χ1n) is 12.3. The summed E-state index contributed by atoms with van der Waals surface area (Å²) in [4.78, 5) is 0. The number of ether oxygens (including phenoxy) is 1. The van der Waals surface area contributed by atoms with Crippen LogP contribution in [-0.4, -0.2) is 6.61 Å². The van der Waals surface area contributed by atoms with Gasteiger partial charge in [-0.2, -0.15) is 0 Å². The molecule has 0 aliphatic heterocycles. The second-order valence-electron chi connectivity index (χ2n) is 8.43. The highest BCUT2D eigenvalue weighted by Crippen LogP contribution is 2.31. The average molecular weight is 455 g/mol. The molecule has 0 aromatic heterocycles. The Bertz CT molecular complexity index is 1330. The maximum atomic E-state index is 6.27. The first kappa shape index (κ1) is 23.9. The highest BCUT2D eigenvalue weighted by molar-refractivity contribution is 5.72. The van der Waals surface area contributed by atoms with Gasteiger partial charge in [-0.05, 0) is 66.6 Å². The van der Waals surface area contributed by atoms with Crippen molar-refractivity contribution in [3.05, 3.63) is 125 Å². The van der Waals surface area contributed by atoms with Crippen molar-refractivity contribution >= 4 is 0 Å². The van der Waals surface area contributed by atoms with E-state index in [4.69, 9.17) is 4.74 Å². The molecule has 0 saturated heterocycles. The summed E-state index contributed by atoms with van der Waals surface area (Å²) in [5, 5.41) is 0. The Kier molecular flexibility index (Phi) is 8.81. The minimum Gasteiger partial charge on any atom is -0.493 e. The normalized spacial score (nSPS) is 9.97. The van der Waals surface area contributed by atoms with E-state index in [-0.39, 0.29) is 0 Å². The van der Waals surface area contributed by atoms with Crippen LogP contribution in [0.15, 0.2) is 103 Å². The third kappa shape index (κ3) is 7.40. The third-order valence-corrected chi connectivity index (χ3v) is 5.68. The molecule has 0 amide bonds. The second kappa shape index (κ2) is 12.9. The van der Waals surface area contributed by atoms with Crippen LogP contribution in [0, 0.1) is 23.7 Å². The molecule has 0 aliphatic carbocycles. The summed E-state index contributed by atoms with van der Waals surface area (Å²) < 4.78 is 6.27. The number of hydrogen-bond donors (Lipinski definition) is 0. The Hall–Kier alpha value is -4.20. The fourth-order valence-corrected chi connectivity index (χ4v) is 3.73. The van der Waals surface area contributed by atoms with Crippen molar-refractivity contribution in [2.45, 2.75) is 32.6 Å². The van der Waals surface area contributed by atoms with E-state index in [0.29, 0.717) is 6.61 Å². The smallest absolute Gasteiger partial charge is 0.128 e. The summed E-state index contributed by atoms with van der Waals surface area (Å²) >= 11 is 0. The van der Waals surface area contributed by atoms with Gasteiger partial charge in [-0.25, -0.2) is 0 Å². The quantitative estimate of drug-likeness (QED) is 0.202. The molecule has 35 heavy (non-hydrogen) atoms. The van der Waals surface area contributed by atoms with E-state index in [1.54, 1.807) is 0 Å². The van der Waals surface area contributed by atoms with Gasteiger partial charge in [0, 0.05) is 27.8 Å². The molecule has 0 N–H and O–H groups in total. The Morgan fingerprint density at radius 3 is 1.69 bits per heavy atom. The SMILES string of the molecule is CCCCCCOc1cc(C#Cc2ccccc2)ccc1-c1ccc(C#Cc2ccccc2)cc1. The molecule has 4 aromatic carbocycles. The number of benzene rings is 4. The molecule has 0 atom stereocenters. The molecule has 1 heteroatoms. The molecule has 0 heterocycles. The van der Waals surface area contributed by atoms with Crippen LogP contribution < -0.4 is 4.74 Å². The molecule has 0 bridgehead atoms. The fourth-order valence-electron chi connectivity index (χ4n) is 3.73. The second-order valence-corrected chi connectivity index (χ2v) is 8.43. The van der Waals surface area contributed by atoms with E-state index in [0.717, 1.165) is 45.6 Å². The number of hydrogen-bond acceptors (Lipinski definition) is 1. The first-order chi connectivity index (χ1) is 17.3. The van der Waals surface area contributed by atoms with Gasteiger partial charge in [0.05, 0.1) is 6.61 Å². The monoisotopic (exact) mass is 454 g/mol. The standard InChI is InChI=1S/C34H30O/c1-2-3-4-11-26-35-34-27-31(19-18-29-14-9-6-10-15-29)22-25-33(34)32-23-20-30(21-24-32)17-16-28-12-7-5-8-13-28/h5-10,12-15,20-25,27H,2-4,11,26H2,1H3. The van der Waals surface area contributed by atoms with Crippen molar-refractivity contribution < 1.29 is 4.74 Å². The largest absolute Gasteiger partial charge is 0.493 e. The highest BCUT2D eigenvalue weighted by Gasteiger charge is 2.08. The van der Waals surface area contributed by atoms with Crippen LogP contribution in [0.4, 0.5) is 0 Å². The van der Waals surface area contributed by atoms with Crippen LogP contribution in [0.1, 0.15) is 54.9 Å². The predicted molar refractivity (Wildman–Crippen MR) is 146 cm³/mol. The van der Waals surface area contributed by atoms with Gasteiger partial charge in [-0.3, -0.25) is 0 Å². The summed E-state index contributed by atoms with van der Waals surface area (Å²) in [6, 6.07) is 34.7. The summed E-state index contributed by atoms with van der Waals surface area (Å²) in [5.74, 6) is 13.9. The molecule has 0 saturated carbocycles. The molecular weight excluding hydrogens is 424 g/mol. The van der Waals surface area contributed by atoms with E-state index in [2.05, 4.69) is 73.1 Å². The van der Waals surface area contributed by atoms with Crippen molar-refractivity contribution in [1.29, 1.82) is 0 Å². The zero-order chi connectivity index (χ0) is 24.1. The van der Waals surface area contributed by atoms with Gasteiger partial charge in [0.25, 0.3) is 0 Å². The average Bonchev–Trinajstić information content (AvgIpc) is 2.92. The van der Waals surface area contributed by atoms with E-state index >= 15 is 0 Å². The first-order valence-corrected chi connectivity index (χ1v) is 12.3. The molecule has 0 unspecified atom stereocenters. The van der Waals surface area contributed by atoms with Gasteiger partial charge in [-0.15, -0.1) is 0 Å². The Balaban J connectivity index is 1.56. The Morgan fingerprint density at radius 1 is 0.543 bits per heavy atom. The van der Waals surface area contributed by atoms with Crippen LogP contribution >= 0.6 is 0 Å². The Labute approximate surface area is 209 Å². The van der Waals surface area contributed by atoms with E-state index < -0.39 is 0 Å².